The summed E-state index contributed by atoms with van der Waals surface area (Å²) in [4.78, 5) is 26.8. The number of aliphatic hydroxyl groups is 1. The van der Waals surface area contributed by atoms with Crippen molar-refractivity contribution in [3.8, 4) is 0 Å². The number of methoxy groups -OCH3 is 1. The molecule has 5 nitrogen and oxygen atoms in total. The Labute approximate surface area is 163 Å². The minimum absolute atomic E-state index is 0.0119. The van der Waals surface area contributed by atoms with E-state index in [4.69, 9.17) is 4.74 Å². The van der Waals surface area contributed by atoms with E-state index in [0.717, 1.165) is 5.56 Å². The summed E-state index contributed by atoms with van der Waals surface area (Å²) < 4.78 is 18.4. The van der Waals surface area contributed by atoms with Crippen molar-refractivity contribution in [3.63, 3.8) is 0 Å². The molecule has 0 radical (unpaired) electrons. The topological polar surface area (TPSA) is 66.8 Å². The number of ketones is 1. The fourth-order valence-electron chi connectivity index (χ4n) is 3.35. The first-order valence-corrected chi connectivity index (χ1v) is 9.04. The van der Waals surface area contributed by atoms with Crippen LogP contribution < -0.4 is 0 Å². The molecule has 2 aromatic rings. The van der Waals surface area contributed by atoms with E-state index in [1.54, 1.807) is 19.2 Å². The van der Waals surface area contributed by atoms with E-state index in [9.17, 15) is 19.1 Å². The lowest BCUT2D eigenvalue weighted by atomic mass is 9.95. The number of carbonyl (C=O) groups excluding carboxylic acids is 2. The molecule has 1 unspecified atom stereocenters. The average Bonchev–Trinajstić information content (AvgIpc) is 2.94. The summed E-state index contributed by atoms with van der Waals surface area (Å²) >= 11 is 0. The van der Waals surface area contributed by atoms with Crippen molar-refractivity contribution in [2.45, 2.75) is 19.4 Å². The van der Waals surface area contributed by atoms with Crippen LogP contribution in [0.1, 0.15) is 29.2 Å². The van der Waals surface area contributed by atoms with Gasteiger partial charge in [0.25, 0.3) is 11.7 Å². The molecule has 28 heavy (non-hydrogen) atoms. The number of hydrogen-bond acceptors (Lipinski definition) is 4. The standard InChI is InChI=1S/C22H22FNO4/c1-14-4-6-16(7-5-14)20(25)18-19(15-8-10-17(23)11-9-15)24(12-3-13-28-2)22(27)21(18)26/h4-11,19,25H,3,12-13H2,1-2H3/b20-18+. The third kappa shape index (κ3) is 3.82. The molecule has 1 saturated heterocycles. The van der Waals surface area contributed by atoms with Crippen LogP contribution in [0.5, 0.6) is 0 Å². The molecule has 2 aromatic carbocycles. The zero-order valence-electron chi connectivity index (χ0n) is 15.8. The fourth-order valence-corrected chi connectivity index (χ4v) is 3.35. The number of rotatable bonds is 6. The minimum atomic E-state index is -0.779. The Balaban J connectivity index is 2.10. The molecule has 1 aliphatic heterocycles. The molecule has 1 heterocycles. The monoisotopic (exact) mass is 383 g/mol. The molecule has 0 spiro atoms. The van der Waals surface area contributed by atoms with Gasteiger partial charge in [0.1, 0.15) is 11.6 Å². The highest BCUT2D eigenvalue weighted by molar-refractivity contribution is 6.46. The van der Waals surface area contributed by atoms with Gasteiger partial charge in [-0.1, -0.05) is 42.0 Å². The number of amides is 1. The van der Waals surface area contributed by atoms with Crippen molar-refractivity contribution in [1.29, 1.82) is 0 Å². The van der Waals surface area contributed by atoms with Crippen LogP contribution in [0.2, 0.25) is 0 Å². The van der Waals surface area contributed by atoms with Crippen molar-refractivity contribution in [2.75, 3.05) is 20.3 Å². The number of hydrogen-bond donors (Lipinski definition) is 1. The van der Waals surface area contributed by atoms with Crippen LogP contribution in [-0.2, 0) is 14.3 Å². The Hall–Kier alpha value is -2.99. The molecule has 0 aromatic heterocycles. The molecular weight excluding hydrogens is 361 g/mol. The normalized spacial score (nSPS) is 18.7. The molecule has 1 N–H and O–H groups in total. The lowest BCUT2D eigenvalue weighted by Gasteiger charge is -2.25. The summed E-state index contributed by atoms with van der Waals surface area (Å²) in [6.07, 6.45) is 0.534. The largest absolute Gasteiger partial charge is 0.507 e. The van der Waals surface area contributed by atoms with Crippen molar-refractivity contribution >= 4 is 17.4 Å². The van der Waals surface area contributed by atoms with E-state index in [-0.39, 0.29) is 17.9 Å². The van der Waals surface area contributed by atoms with Crippen LogP contribution in [-0.4, -0.2) is 42.0 Å². The molecular formula is C22H22FNO4. The quantitative estimate of drug-likeness (QED) is 0.358. The van der Waals surface area contributed by atoms with E-state index in [0.29, 0.717) is 24.2 Å². The summed E-state index contributed by atoms with van der Waals surface area (Å²) in [7, 11) is 1.56. The van der Waals surface area contributed by atoms with Gasteiger partial charge in [0.05, 0.1) is 11.6 Å². The highest BCUT2D eigenvalue weighted by atomic mass is 19.1. The third-order valence-electron chi connectivity index (χ3n) is 4.80. The van der Waals surface area contributed by atoms with Crippen LogP contribution in [0.15, 0.2) is 54.1 Å². The Morgan fingerprint density at radius 2 is 1.75 bits per heavy atom. The van der Waals surface area contributed by atoms with Crippen LogP contribution in [0.4, 0.5) is 4.39 Å². The summed E-state index contributed by atoms with van der Waals surface area (Å²) in [6, 6.07) is 11.9. The van der Waals surface area contributed by atoms with Gasteiger partial charge in [0.15, 0.2) is 0 Å². The molecule has 1 atom stereocenters. The van der Waals surface area contributed by atoms with Crippen molar-refractivity contribution < 1.29 is 23.8 Å². The van der Waals surface area contributed by atoms with Gasteiger partial charge in [-0.3, -0.25) is 9.59 Å². The van der Waals surface area contributed by atoms with Gasteiger partial charge in [0, 0.05) is 25.8 Å². The first-order valence-electron chi connectivity index (χ1n) is 9.04. The number of carbonyl (C=O) groups is 2. The summed E-state index contributed by atoms with van der Waals surface area (Å²) in [5.74, 6) is -2.08. The lowest BCUT2D eigenvalue weighted by Crippen LogP contribution is -2.31. The van der Waals surface area contributed by atoms with Gasteiger partial charge in [-0.25, -0.2) is 4.39 Å². The van der Waals surface area contributed by atoms with Crippen molar-refractivity contribution in [3.05, 3.63) is 76.6 Å². The van der Waals surface area contributed by atoms with Gasteiger partial charge in [0.2, 0.25) is 0 Å². The van der Waals surface area contributed by atoms with E-state index in [1.807, 2.05) is 19.1 Å². The zero-order chi connectivity index (χ0) is 20.3. The number of ether oxygens (including phenoxy) is 1. The van der Waals surface area contributed by atoms with Gasteiger partial charge in [-0.05, 0) is 31.0 Å². The summed E-state index contributed by atoms with van der Waals surface area (Å²) in [5.41, 5.74) is 2.03. The molecule has 0 bridgehead atoms. The second-order valence-electron chi connectivity index (χ2n) is 6.76. The van der Waals surface area contributed by atoms with Gasteiger partial charge >= 0.3 is 0 Å². The molecule has 3 rings (SSSR count). The third-order valence-corrected chi connectivity index (χ3v) is 4.80. The van der Waals surface area contributed by atoms with Crippen molar-refractivity contribution in [1.82, 2.24) is 4.90 Å². The van der Waals surface area contributed by atoms with Crippen LogP contribution in [0, 0.1) is 12.7 Å². The fraction of sp³-hybridized carbons (Fsp3) is 0.273. The van der Waals surface area contributed by atoms with Gasteiger partial charge in [-0.15, -0.1) is 0 Å². The maximum absolute atomic E-state index is 13.4. The van der Waals surface area contributed by atoms with E-state index in [1.165, 1.54) is 29.2 Å². The number of benzene rings is 2. The number of aliphatic hydroxyl groups excluding tert-OH is 1. The van der Waals surface area contributed by atoms with E-state index >= 15 is 0 Å². The number of Topliss-reactive ketones (excluding diaryl/α,β-unsaturated/α-hetero) is 1. The molecule has 6 heteroatoms. The maximum atomic E-state index is 13.4. The first kappa shape index (κ1) is 19.8. The Kier molecular flexibility index (Phi) is 5.90. The highest BCUT2D eigenvalue weighted by Crippen LogP contribution is 2.39. The SMILES string of the molecule is COCCCN1C(=O)C(=O)/C(=C(/O)c2ccc(C)cc2)C1c1ccc(F)cc1. The number of halogens is 1. The Bertz CT molecular complexity index is 903. The second-order valence-corrected chi connectivity index (χ2v) is 6.76. The number of aryl methyl sites for hydroxylation is 1. The van der Waals surface area contributed by atoms with E-state index in [2.05, 4.69) is 0 Å². The Morgan fingerprint density at radius 1 is 1.11 bits per heavy atom. The number of nitrogens with zero attached hydrogens (tertiary/aromatic N) is 1. The zero-order valence-corrected chi connectivity index (χ0v) is 15.8. The summed E-state index contributed by atoms with van der Waals surface area (Å²) in [6.45, 7) is 2.62. The van der Waals surface area contributed by atoms with E-state index < -0.39 is 23.5 Å². The van der Waals surface area contributed by atoms with Gasteiger partial charge < -0.3 is 14.7 Å². The Morgan fingerprint density at radius 3 is 2.36 bits per heavy atom. The van der Waals surface area contributed by atoms with Crippen molar-refractivity contribution in [2.24, 2.45) is 0 Å². The highest BCUT2D eigenvalue weighted by Gasteiger charge is 2.45. The van der Waals surface area contributed by atoms with Crippen LogP contribution >= 0.6 is 0 Å². The first-order chi connectivity index (χ1) is 13.4. The predicted octanol–water partition coefficient (Wildman–Crippen LogP) is 3.59. The summed E-state index contributed by atoms with van der Waals surface area (Å²) in [5, 5.41) is 10.9. The molecule has 0 saturated carbocycles. The second kappa shape index (κ2) is 8.35. The van der Waals surface area contributed by atoms with Crippen LogP contribution in [0.25, 0.3) is 5.76 Å². The smallest absolute Gasteiger partial charge is 0.295 e. The molecule has 1 fully saturated rings. The maximum Gasteiger partial charge on any atom is 0.295 e. The van der Waals surface area contributed by atoms with Gasteiger partial charge in [-0.2, -0.15) is 0 Å². The lowest BCUT2D eigenvalue weighted by molar-refractivity contribution is -0.140. The van der Waals surface area contributed by atoms with Crippen LogP contribution in [0.3, 0.4) is 0 Å². The predicted molar refractivity (Wildman–Crippen MR) is 103 cm³/mol. The molecule has 0 aliphatic carbocycles. The minimum Gasteiger partial charge on any atom is -0.507 e. The molecule has 146 valence electrons. The average molecular weight is 383 g/mol. The number of likely N-dealkylation sites (tertiary alicyclic amines) is 1. The molecule has 1 amide bonds. The molecule has 1 aliphatic rings.